The van der Waals surface area contributed by atoms with E-state index in [0.29, 0.717) is 22.7 Å². The maximum atomic E-state index is 11.7. The van der Waals surface area contributed by atoms with Crippen LogP contribution in [0.3, 0.4) is 0 Å². The Bertz CT molecular complexity index is 677. The number of nitrogen functional groups attached to an aromatic ring is 1. The molecule has 3 N–H and O–H groups in total. The number of nitrogens with zero attached hydrogens (tertiary/aromatic N) is 1. The molecule has 0 saturated heterocycles. The van der Waals surface area contributed by atoms with Gasteiger partial charge in [0.25, 0.3) is 0 Å². The van der Waals surface area contributed by atoms with Gasteiger partial charge in [-0.15, -0.1) is 0 Å². The largest absolute Gasteiger partial charge is 0.495 e. The summed E-state index contributed by atoms with van der Waals surface area (Å²) in [6, 6.07) is 4.85. The van der Waals surface area contributed by atoms with Gasteiger partial charge in [-0.2, -0.15) is 5.10 Å². The Hall–Kier alpha value is -2.02. The second-order valence-electron chi connectivity index (χ2n) is 3.84. The highest BCUT2D eigenvalue weighted by Gasteiger charge is 2.16. The van der Waals surface area contributed by atoms with E-state index in [1.54, 1.807) is 18.3 Å². The van der Waals surface area contributed by atoms with Crippen LogP contribution in [0.1, 0.15) is 0 Å². The number of nitrogens with two attached hydrogens (primary N) is 1. The molecule has 0 saturated carbocycles. The van der Waals surface area contributed by atoms with Crippen LogP contribution in [-0.4, -0.2) is 32.0 Å². The molecule has 2 rings (SSSR count). The summed E-state index contributed by atoms with van der Waals surface area (Å²) in [5.41, 5.74) is 7.03. The van der Waals surface area contributed by atoms with Gasteiger partial charge in [0, 0.05) is 11.8 Å². The van der Waals surface area contributed by atoms with E-state index >= 15 is 0 Å². The molecule has 0 radical (unpaired) electrons. The molecular weight excluding hydrogens is 254 g/mol. The molecule has 0 atom stereocenters. The number of aromatic nitrogens is 2. The lowest BCUT2D eigenvalue weighted by Gasteiger charge is -2.08. The number of ether oxygens (including phenoxy) is 1. The third kappa shape index (κ3) is 2.17. The number of sulfone groups is 1. The van der Waals surface area contributed by atoms with Gasteiger partial charge in [-0.3, -0.25) is 5.10 Å². The van der Waals surface area contributed by atoms with Gasteiger partial charge in [0.15, 0.2) is 9.84 Å². The van der Waals surface area contributed by atoms with Crippen molar-refractivity contribution in [2.75, 3.05) is 19.1 Å². The van der Waals surface area contributed by atoms with Crippen LogP contribution >= 0.6 is 0 Å². The van der Waals surface area contributed by atoms with E-state index in [1.165, 1.54) is 13.2 Å². The van der Waals surface area contributed by atoms with Crippen molar-refractivity contribution in [2.45, 2.75) is 4.90 Å². The second kappa shape index (κ2) is 4.34. The summed E-state index contributed by atoms with van der Waals surface area (Å²) < 4.78 is 28.4. The van der Waals surface area contributed by atoms with Gasteiger partial charge in [-0.25, -0.2) is 8.42 Å². The molecule has 18 heavy (non-hydrogen) atoms. The molecular formula is C11H13N3O3S. The first-order chi connectivity index (χ1) is 8.43. The Morgan fingerprint density at radius 1 is 1.39 bits per heavy atom. The van der Waals surface area contributed by atoms with Crippen LogP contribution < -0.4 is 10.5 Å². The molecule has 0 fully saturated rings. The molecule has 6 nitrogen and oxygen atoms in total. The fourth-order valence-corrected chi connectivity index (χ4v) is 2.52. The topological polar surface area (TPSA) is 98.1 Å². The first-order valence-electron chi connectivity index (χ1n) is 5.11. The minimum atomic E-state index is -3.37. The smallest absolute Gasteiger partial charge is 0.179 e. The lowest BCUT2D eigenvalue weighted by atomic mass is 10.1. The Morgan fingerprint density at radius 2 is 2.11 bits per heavy atom. The third-order valence-corrected chi connectivity index (χ3v) is 3.66. The highest BCUT2D eigenvalue weighted by Crippen LogP contribution is 2.31. The van der Waals surface area contributed by atoms with Crippen LogP contribution in [0.2, 0.25) is 0 Å². The fourth-order valence-electron chi connectivity index (χ4n) is 1.66. The Kier molecular flexibility index (Phi) is 3.00. The maximum Gasteiger partial charge on any atom is 0.179 e. The fraction of sp³-hybridized carbons (Fsp3) is 0.182. The predicted molar refractivity (Wildman–Crippen MR) is 68.1 cm³/mol. The molecule has 1 heterocycles. The van der Waals surface area contributed by atoms with Crippen molar-refractivity contribution in [1.82, 2.24) is 10.2 Å². The predicted octanol–water partition coefficient (Wildman–Crippen LogP) is 1.07. The highest BCUT2D eigenvalue weighted by molar-refractivity contribution is 7.90. The van der Waals surface area contributed by atoms with Crippen LogP contribution in [0, 0.1) is 0 Å². The zero-order valence-electron chi connectivity index (χ0n) is 9.97. The van der Waals surface area contributed by atoms with Crippen molar-refractivity contribution in [2.24, 2.45) is 0 Å². The zero-order chi connectivity index (χ0) is 13.3. The molecule has 2 aromatic rings. The molecule has 0 aliphatic carbocycles. The van der Waals surface area contributed by atoms with Crippen molar-refractivity contribution in [1.29, 1.82) is 0 Å². The molecule has 1 aromatic heterocycles. The Morgan fingerprint density at radius 3 is 2.61 bits per heavy atom. The maximum absolute atomic E-state index is 11.7. The Balaban J connectivity index is 2.64. The highest BCUT2D eigenvalue weighted by atomic mass is 32.2. The number of aromatic amines is 1. The van der Waals surface area contributed by atoms with Crippen LogP contribution in [0.5, 0.6) is 5.75 Å². The summed E-state index contributed by atoms with van der Waals surface area (Å²) in [5, 5.41) is 6.40. The first-order valence-corrected chi connectivity index (χ1v) is 7.00. The van der Waals surface area contributed by atoms with E-state index in [2.05, 4.69) is 10.2 Å². The number of H-pyrrole nitrogens is 1. The van der Waals surface area contributed by atoms with Crippen molar-refractivity contribution < 1.29 is 13.2 Å². The number of nitrogens with one attached hydrogen (secondary N) is 1. The van der Waals surface area contributed by atoms with Gasteiger partial charge in [0.2, 0.25) is 0 Å². The number of hydrogen-bond donors (Lipinski definition) is 2. The average molecular weight is 267 g/mol. The molecule has 0 bridgehead atoms. The van der Waals surface area contributed by atoms with Gasteiger partial charge in [0.1, 0.15) is 16.5 Å². The van der Waals surface area contributed by atoms with Crippen LogP contribution in [0.25, 0.3) is 11.1 Å². The number of rotatable bonds is 3. The minimum Gasteiger partial charge on any atom is -0.495 e. The second-order valence-corrected chi connectivity index (χ2v) is 5.82. The molecule has 1 aromatic carbocycles. The van der Waals surface area contributed by atoms with Crippen molar-refractivity contribution in [3.63, 3.8) is 0 Å². The molecule has 7 heteroatoms. The molecule has 96 valence electrons. The van der Waals surface area contributed by atoms with E-state index in [4.69, 9.17) is 10.5 Å². The van der Waals surface area contributed by atoms with Crippen molar-refractivity contribution >= 4 is 15.7 Å². The summed E-state index contributed by atoms with van der Waals surface area (Å²) in [7, 11) is -1.94. The number of benzene rings is 1. The lowest BCUT2D eigenvalue weighted by molar-refractivity contribution is 0.403. The van der Waals surface area contributed by atoms with Crippen LogP contribution in [0.4, 0.5) is 5.82 Å². The quantitative estimate of drug-likeness (QED) is 0.866. The van der Waals surface area contributed by atoms with E-state index in [9.17, 15) is 8.42 Å². The molecule has 0 unspecified atom stereocenters. The van der Waals surface area contributed by atoms with E-state index in [1.807, 2.05) is 0 Å². The van der Waals surface area contributed by atoms with E-state index < -0.39 is 9.84 Å². The number of anilines is 1. The summed E-state index contributed by atoms with van der Waals surface area (Å²) in [6.07, 6.45) is 2.68. The molecule has 0 aliphatic rings. The molecule has 0 amide bonds. The average Bonchev–Trinajstić information content (AvgIpc) is 2.73. The normalized spacial score (nSPS) is 11.4. The van der Waals surface area contributed by atoms with Gasteiger partial charge < -0.3 is 10.5 Å². The van der Waals surface area contributed by atoms with Gasteiger partial charge in [-0.1, -0.05) is 6.07 Å². The minimum absolute atomic E-state index is 0.128. The first kappa shape index (κ1) is 12.4. The molecule has 0 spiro atoms. The van der Waals surface area contributed by atoms with Crippen LogP contribution in [-0.2, 0) is 9.84 Å². The standard InChI is InChI=1S/C11H13N3O3S/c1-17-9-4-3-7(5-10(9)18(2,15)16)8-6-13-14-11(8)12/h3-6H,1-2H3,(H3,12,13,14). The van der Waals surface area contributed by atoms with E-state index in [0.717, 1.165) is 6.26 Å². The summed E-state index contributed by atoms with van der Waals surface area (Å²) in [6.45, 7) is 0. The van der Waals surface area contributed by atoms with Crippen LogP contribution in [0.15, 0.2) is 29.3 Å². The summed E-state index contributed by atoms with van der Waals surface area (Å²) in [5.74, 6) is 0.697. The SMILES string of the molecule is COc1ccc(-c2cn[nH]c2N)cc1S(C)(=O)=O. The summed E-state index contributed by atoms with van der Waals surface area (Å²) in [4.78, 5) is 0.128. The van der Waals surface area contributed by atoms with Gasteiger partial charge >= 0.3 is 0 Å². The third-order valence-electron chi connectivity index (χ3n) is 2.54. The number of methoxy groups -OCH3 is 1. The molecule has 0 aliphatic heterocycles. The van der Waals surface area contributed by atoms with Gasteiger partial charge in [-0.05, 0) is 17.7 Å². The lowest BCUT2D eigenvalue weighted by Crippen LogP contribution is -2.01. The van der Waals surface area contributed by atoms with Crippen molar-refractivity contribution in [3.05, 3.63) is 24.4 Å². The number of hydrogen-bond acceptors (Lipinski definition) is 5. The van der Waals surface area contributed by atoms with E-state index in [-0.39, 0.29) is 4.90 Å². The Labute approximate surface area is 105 Å². The summed E-state index contributed by atoms with van der Waals surface area (Å²) >= 11 is 0. The monoisotopic (exact) mass is 267 g/mol. The van der Waals surface area contributed by atoms with Crippen molar-refractivity contribution in [3.8, 4) is 16.9 Å². The van der Waals surface area contributed by atoms with Gasteiger partial charge in [0.05, 0.1) is 13.3 Å². The zero-order valence-corrected chi connectivity index (χ0v) is 10.8.